The Morgan fingerprint density at radius 3 is 2.88 bits per heavy atom. The SMILES string of the molecule is C1CC1[C@@H]1[C@@H]2Cc3c(-c4nn[nH]n4)n[nH]c3[C@@H]21. The second kappa shape index (κ2) is 2.57. The van der Waals surface area contributed by atoms with Gasteiger partial charge < -0.3 is 0 Å². The maximum Gasteiger partial charge on any atom is 0.225 e. The normalized spacial score (nSPS) is 33.5. The zero-order valence-electron chi connectivity index (χ0n) is 9.22. The standard InChI is InChI=1S/C11H12N6/c1-2-4(1)7-5-3-6-9(8(5)7)12-13-10(6)11-14-16-17-15-11/h4-5,7-8H,1-3H2,(H,12,13)(H,14,15,16,17)/t5-,7+,8-/m0/s1. The largest absolute Gasteiger partial charge is 0.281 e. The van der Waals surface area contributed by atoms with Crippen molar-refractivity contribution in [2.45, 2.75) is 25.2 Å². The van der Waals surface area contributed by atoms with Crippen molar-refractivity contribution in [1.29, 1.82) is 0 Å². The van der Waals surface area contributed by atoms with Gasteiger partial charge in [-0.1, -0.05) is 0 Å². The predicted octanol–water partition coefficient (Wildman–Crippen LogP) is 0.885. The van der Waals surface area contributed by atoms with E-state index < -0.39 is 0 Å². The van der Waals surface area contributed by atoms with Crippen molar-refractivity contribution >= 4 is 0 Å². The van der Waals surface area contributed by atoms with Gasteiger partial charge in [0.05, 0.1) is 0 Å². The zero-order chi connectivity index (χ0) is 11.0. The number of fused-ring (bicyclic) bond motifs is 3. The van der Waals surface area contributed by atoms with E-state index in [2.05, 4.69) is 30.8 Å². The molecular formula is C11H12N6. The van der Waals surface area contributed by atoms with Gasteiger partial charge in [0.1, 0.15) is 5.69 Å². The lowest BCUT2D eigenvalue weighted by Gasteiger charge is -2.01. The summed E-state index contributed by atoms with van der Waals surface area (Å²) in [5.74, 6) is 4.20. The molecule has 2 saturated carbocycles. The van der Waals surface area contributed by atoms with E-state index in [1.807, 2.05) is 0 Å². The molecule has 3 aliphatic carbocycles. The first-order chi connectivity index (χ1) is 8.43. The highest BCUT2D eigenvalue weighted by Gasteiger charge is 2.62. The molecule has 86 valence electrons. The highest BCUT2D eigenvalue weighted by atomic mass is 15.5. The Balaban J connectivity index is 1.56. The molecule has 0 aromatic carbocycles. The second-order valence-corrected chi connectivity index (χ2v) is 5.51. The van der Waals surface area contributed by atoms with Gasteiger partial charge in [-0.3, -0.25) is 5.10 Å². The molecule has 3 aliphatic rings. The van der Waals surface area contributed by atoms with E-state index in [-0.39, 0.29) is 0 Å². The zero-order valence-corrected chi connectivity index (χ0v) is 9.22. The second-order valence-electron chi connectivity index (χ2n) is 5.51. The Morgan fingerprint density at radius 2 is 2.12 bits per heavy atom. The molecule has 2 aromatic rings. The molecule has 6 heteroatoms. The smallest absolute Gasteiger partial charge is 0.225 e. The molecule has 0 bridgehead atoms. The first-order valence-electron chi connectivity index (χ1n) is 6.24. The minimum absolute atomic E-state index is 0.617. The van der Waals surface area contributed by atoms with Gasteiger partial charge in [-0.15, -0.1) is 10.2 Å². The van der Waals surface area contributed by atoms with Crippen LogP contribution in [0.1, 0.15) is 30.0 Å². The summed E-state index contributed by atoms with van der Waals surface area (Å²) in [5, 5.41) is 21.7. The lowest BCUT2D eigenvalue weighted by molar-refractivity contribution is 0.614. The van der Waals surface area contributed by atoms with E-state index >= 15 is 0 Å². The number of aromatic amines is 2. The molecule has 0 spiro atoms. The topological polar surface area (TPSA) is 83.1 Å². The molecule has 3 atom stereocenters. The van der Waals surface area contributed by atoms with Crippen LogP contribution in [0.25, 0.3) is 11.5 Å². The third kappa shape index (κ3) is 0.963. The summed E-state index contributed by atoms with van der Waals surface area (Å²) in [6.07, 6.45) is 4.04. The van der Waals surface area contributed by atoms with E-state index in [4.69, 9.17) is 0 Å². The lowest BCUT2D eigenvalue weighted by Crippen LogP contribution is -1.95. The molecule has 5 rings (SSSR count). The van der Waals surface area contributed by atoms with Gasteiger partial charge in [0.25, 0.3) is 0 Å². The molecule has 6 nitrogen and oxygen atoms in total. The van der Waals surface area contributed by atoms with E-state index in [0.717, 1.165) is 35.8 Å². The number of H-pyrrole nitrogens is 2. The van der Waals surface area contributed by atoms with E-state index in [9.17, 15) is 0 Å². The van der Waals surface area contributed by atoms with Gasteiger partial charge in [0.2, 0.25) is 5.82 Å². The van der Waals surface area contributed by atoms with E-state index in [0.29, 0.717) is 5.82 Å². The van der Waals surface area contributed by atoms with Crippen LogP contribution in [0.5, 0.6) is 0 Å². The molecule has 0 saturated heterocycles. The average molecular weight is 228 g/mol. The van der Waals surface area contributed by atoms with Crippen LogP contribution < -0.4 is 0 Å². The fourth-order valence-corrected chi connectivity index (χ4v) is 3.74. The molecule has 0 amide bonds. The monoisotopic (exact) mass is 228 g/mol. The van der Waals surface area contributed by atoms with Crippen LogP contribution in [0.2, 0.25) is 0 Å². The molecule has 2 N–H and O–H groups in total. The van der Waals surface area contributed by atoms with Crippen molar-refractivity contribution in [3.05, 3.63) is 11.3 Å². The Labute approximate surface area is 97.2 Å². The number of hydrogen-bond donors (Lipinski definition) is 2. The van der Waals surface area contributed by atoms with Crippen molar-refractivity contribution in [3.63, 3.8) is 0 Å². The maximum absolute atomic E-state index is 4.36. The van der Waals surface area contributed by atoms with Crippen LogP contribution >= 0.6 is 0 Å². The fraction of sp³-hybridized carbons (Fsp3) is 0.636. The number of tetrazole rings is 1. The number of rotatable bonds is 2. The number of aromatic nitrogens is 6. The van der Waals surface area contributed by atoms with Crippen molar-refractivity contribution in [3.8, 4) is 11.5 Å². The molecule has 17 heavy (non-hydrogen) atoms. The van der Waals surface area contributed by atoms with Gasteiger partial charge in [0, 0.05) is 17.2 Å². The van der Waals surface area contributed by atoms with Crippen LogP contribution in [0.15, 0.2) is 0 Å². The molecular weight excluding hydrogens is 216 g/mol. The minimum Gasteiger partial charge on any atom is -0.281 e. The summed E-state index contributed by atoms with van der Waals surface area (Å²) >= 11 is 0. The molecule has 2 fully saturated rings. The summed E-state index contributed by atoms with van der Waals surface area (Å²) in [6, 6.07) is 0. The number of hydrogen-bond acceptors (Lipinski definition) is 4. The predicted molar refractivity (Wildman–Crippen MR) is 57.9 cm³/mol. The van der Waals surface area contributed by atoms with Crippen molar-refractivity contribution in [2.24, 2.45) is 17.8 Å². The minimum atomic E-state index is 0.617. The first-order valence-corrected chi connectivity index (χ1v) is 6.24. The lowest BCUT2D eigenvalue weighted by atomic mass is 10.0. The number of nitrogens with zero attached hydrogens (tertiary/aromatic N) is 4. The van der Waals surface area contributed by atoms with E-state index in [1.54, 1.807) is 0 Å². The Hall–Kier alpha value is -1.72. The number of nitrogens with one attached hydrogen (secondary N) is 2. The van der Waals surface area contributed by atoms with Crippen molar-refractivity contribution in [2.75, 3.05) is 0 Å². The molecule has 0 unspecified atom stereocenters. The average Bonchev–Trinajstić information content (AvgIpc) is 3.08. The van der Waals surface area contributed by atoms with Crippen molar-refractivity contribution < 1.29 is 0 Å². The summed E-state index contributed by atoms with van der Waals surface area (Å²) < 4.78 is 0. The van der Waals surface area contributed by atoms with Crippen LogP contribution in [-0.2, 0) is 6.42 Å². The van der Waals surface area contributed by atoms with Crippen molar-refractivity contribution in [1.82, 2.24) is 30.8 Å². The highest BCUT2D eigenvalue weighted by Crippen LogP contribution is 2.68. The first kappa shape index (κ1) is 8.38. The highest BCUT2D eigenvalue weighted by molar-refractivity contribution is 5.59. The van der Waals surface area contributed by atoms with E-state index in [1.165, 1.54) is 24.1 Å². The Bertz CT molecular complexity index is 581. The summed E-state index contributed by atoms with van der Waals surface area (Å²) in [6.45, 7) is 0. The fourth-order valence-electron chi connectivity index (χ4n) is 3.74. The van der Waals surface area contributed by atoms with Crippen LogP contribution in [0.4, 0.5) is 0 Å². The summed E-state index contributed by atoms with van der Waals surface area (Å²) in [5.41, 5.74) is 3.58. The van der Waals surface area contributed by atoms with Gasteiger partial charge in [-0.25, -0.2) is 0 Å². The van der Waals surface area contributed by atoms with Crippen LogP contribution in [0.3, 0.4) is 0 Å². The molecule has 2 heterocycles. The summed E-state index contributed by atoms with van der Waals surface area (Å²) in [4.78, 5) is 0. The van der Waals surface area contributed by atoms with Gasteiger partial charge in [0.15, 0.2) is 0 Å². The summed E-state index contributed by atoms with van der Waals surface area (Å²) in [7, 11) is 0. The Morgan fingerprint density at radius 1 is 1.18 bits per heavy atom. The molecule has 2 aromatic heterocycles. The van der Waals surface area contributed by atoms with Gasteiger partial charge in [-0.2, -0.15) is 10.3 Å². The van der Waals surface area contributed by atoms with Gasteiger partial charge in [-0.05, 0) is 42.2 Å². The van der Waals surface area contributed by atoms with Gasteiger partial charge >= 0.3 is 0 Å². The molecule has 0 radical (unpaired) electrons. The van der Waals surface area contributed by atoms with Crippen LogP contribution in [0, 0.1) is 17.8 Å². The Kier molecular flexibility index (Phi) is 1.27. The third-order valence-electron chi connectivity index (χ3n) is 4.63. The maximum atomic E-state index is 4.36. The van der Waals surface area contributed by atoms with Crippen LogP contribution in [-0.4, -0.2) is 30.8 Å². The molecule has 0 aliphatic heterocycles. The third-order valence-corrected chi connectivity index (χ3v) is 4.63. The quantitative estimate of drug-likeness (QED) is 0.799.